The molecule has 0 unspecified atom stereocenters. The van der Waals surface area contributed by atoms with Crippen molar-refractivity contribution in [3.63, 3.8) is 0 Å². The van der Waals surface area contributed by atoms with E-state index in [1.165, 1.54) is 29.7 Å². The smallest absolute Gasteiger partial charge is 0.296 e. The average molecular weight is 386 g/mol. The van der Waals surface area contributed by atoms with Gasteiger partial charge in [-0.05, 0) is 38.1 Å². The van der Waals surface area contributed by atoms with Crippen LogP contribution in [-0.2, 0) is 16.7 Å². The molecule has 0 fully saturated rings. The maximum absolute atomic E-state index is 12.9. The van der Waals surface area contributed by atoms with E-state index in [2.05, 4.69) is 4.99 Å². The van der Waals surface area contributed by atoms with Gasteiger partial charge in [-0.25, -0.2) is 0 Å². The summed E-state index contributed by atoms with van der Waals surface area (Å²) in [7, 11) is -4.48. The number of hydrogen-bond donors (Lipinski definition) is 2. The van der Waals surface area contributed by atoms with E-state index in [0.29, 0.717) is 17.4 Å². The van der Waals surface area contributed by atoms with Crippen molar-refractivity contribution in [2.75, 3.05) is 0 Å². The molecule has 7 nitrogen and oxygen atoms in total. The molecular formula is C19H18N2O5S. The molecule has 0 radical (unpaired) electrons. The molecule has 3 rings (SSSR count). The van der Waals surface area contributed by atoms with E-state index in [1.54, 1.807) is 30.3 Å². The summed E-state index contributed by atoms with van der Waals surface area (Å²) < 4.78 is 34.0. The first-order valence-corrected chi connectivity index (χ1v) is 9.66. The van der Waals surface area contributed by atoms with Crippen LogP contribution in [0.5, 0.6) is 5.75 Å². The molecule has 0 aliphatic carbocycles. The number of rotatable bonds is 4. The molecule has 0 atom stereocenters. The fourth-order valence-electron chi connectivity index (χ4n) is 3.03. The van der Waals surface area contributed by atoms with Gasteiger partial charge in [0.1, 0.15) is 16.2 Å². The van der Waals surface area contributed by atoms with Gasteiger partial charge in [-0.2, -0.15) is 8.42 Å². The van der Waals surface area contributed by atoms with Crippen LogP contribution in [0.3, 0.4) is 0 Å². The van der Waals surface area contributed by atoms with E-state index < -0.39 is 15.7 Å². The molecule has 2 aromatic carbocycles. The average Bonchev–Trinajstić information content (AvgIpc) is 2.62. The first kappa shape index (κ1) is 18.8. The third kappa shape index (κ3) is 3.36. The molecule has 0 spiro atoms. The molecule has 27 heavy (non-hydrogen) atoms. The van der Waals surface area contributed by atoms with Crippen LogP contribution in [0, 0.1) is 0 Å². The molecule has 1 heterocycles. The van der Waals surface area contributed by atoms with Crippen molar-refractivity contribution in [2.45, 2.75) is 25.3 Å². The largest absolute Gasteiger partial charge is 0.506 e. The van der Waals surface area contributed by atoms with Crippen molar-refractivity contribution in [1.29, 1.82) is 0 Å². The zero-order valence-electron chi connectivity index (χ0n) is 14.7. The zero-order chi connectivity index (χ0) is 19.8. The third-order valence-electron chi connectivity index (χ3n) is 4.26. The minimum Gasteiger partial charge on any atom is -0.506 e. The summed E-state index contributed by atoms with van der Waals surface area (Å²) >= 11 is 0. The maximum atomic E-state index is 12.9. The van der Waals surface area contributed by atoms with Crippen LogP contribution in [0.25, 0.3) is 10.9 Å². The number of para-hydroxylation sites is 2. The predicted molar refractivity (Wildman–Crippen MR) is 104 cm³/mol. The number of benzene rings is 2. The Labute approximate surface area is 156 Å². The van der Waals surface area contributed by atoms with E-state index in [4.69, 9.17) is 0 Å². The number of fused-ring (bicyclic) bond motifs is 1. The van der Waals surface area contributed by atoms with Gasteiger partial charge in [0.15, 0.2) is 0 Å². The molecule has 140 valence electrons. The molecule has 0 aliphatic rings. The lowest BCUT2D eigenvalue weighted by molar-refractivity contribution is 0.477. The first-order valence-electron chi connectivity index (χ1n) is 8.22. The van der Waals surface area contributed by atoms with Gasteiger partial charge in [0.2, 0.25) is 0 Å². The van der Waals surface area contributed by atoms with Crippen molar-refractivity contribution in [2.24, 2.45) is 4.99 Å². The van der Waals surface area contributed by atoms with E-state index in [0.717, 1.165) is 0 Å². The summed E-state index contributed by atoms with van der Waals surface area (Å²) in [5.41, 5.74) is 0.270. The summed E-state index contributed by atoms with van der Waals surface area (Å²) in [6, 6.07) is 12.6. The lowest BCUT2D eigenvalue weighted by Crippen LogP contribution is -2.26. The van der Waals surface area contributed by atoms with Gasteiger partial charge in [-0.3, -0.25) is 14.3 Å². The topological polar surface area (TPSA) is 109 Å². The van der Waals surface area contributed by atoms with Gasteiger partial charge < -0.3 is 9.67 Å². The number of pyridine rings is 1. The monoisotopic (exact) mass is 386 g/mol. The summed E-state index contributed by atoms with van der Waals surface area (Å²) in [5, 5.41) is 11.2. The zero-order valence-corrected chi connectivity index (χ0v) is 15.6. The Kier molecular flexibility index (Phi) is 4.86. The van der Waals surface area contributed by atoms with Crippen LogP contribution in [0.15, 0.2) is 63.2 Å². The standard InChI is InChI=1S/C19H18N2O5S/c1-3-21-15-10-6-4-8-13(15)18(22)17(19(21)23)12(2)20-14-9-5-7-11-16(14)27(24,25)26/h4-11,22H,3H2,1-2H3,(H,24,25,26). The Hall–Kier alpha value is -2.97. The van der Waals surface area contributed by atoms with Gasteiger partial charge in [0.05, 0.1) is 16.9 Å². The van der Waals surface area contributed by atoms with Gasteiger partial charge in [0.25, 0.3) is 15.7 Å². The quantitative estimate of drug-likeness (QED) is 0.529. The number of hydrogen-bond acceptors (Lipinski definition) is 5. The molecular weight excluding hydrogens is 368 g/mol. The molecule has 0 amide bonds. The van der Waals surface area contributed by atoms with Gasteiger partial charge in [0, 0.05) is 11.9 Å². The van der Waals surface area contributed by atoms with Gasteiger partial charge in [-0.15, -0.1) is 0 Å². The molecule has 1 aromatic heterocycles. The molecule has 8 heteroatoms. The van der Waals surface area contributed by atoms with Crippen LogP contribution in [0.1, 0.15) is 19.4 Å². The molecule has 0 bridgehead atoms. The van der Waals surface area contributed by atoms with E-state index >= 15 is 0 Å². The van der Waals surface area contributed by atoms with Gasteiger partial charge >= 0.3 is 0 Å². The second-order valence-corrected chi connectivity index (χ2v) is 7.32. The Morgan fingerprint density at radius 2 is 1.74 bits per heavy atom. The first-order chi connectivity index (χ1) is 12.8. The van der Waals surface area contributed by atoms with Crippen molar-refractivity contribution >= 4 is 32.4 Å². The summed E-state index contributed by atoms with van der Waals surface area (Å²) in [6.45, 7) is 3.71. The minimum atomic E-state index is -4.48. The van der Waals surface area contributed by atoms with E-state index in [-0.39, 0.29) is 27.6 Å². The van der Waals surface area contributed by atoms with Gasteiger partial charge in [-0.1, -0.05) is 24.3 Å². The molecule has 2 N–H and O–H groups in total. The highest BCUT2D eigenvalue weighted by Gasteiger charge is 2.19. The SMILES string of the molecule is CCn1c(=O)c(C(C)=Nc2ccccc2S(=O)(=O)O)c(O)c2ccccc21. The van der Waals surface area contributed by atoms with Crippen molar-refractivity contribution in [1.82, 2.24) is 4.57 Å². The highest BCUT2D eigenvalue weighted by Crippen LogP contribution is 2.29. The number of aliphatic imine (C=N–C) groups is 1. The molecule has 0 saturated heterocycles. The van der Waals surface area contributed by atoms with E-state index in [1.807, 2.05) is 6.92 Å². The second-order valence-electron chi connectivity index (χ2n) is 5.93. The molecule has 0 saturated carbocycles. The van der Waals surface area contributed by atoms with E-state index in [9.17, 15) is 22.9 Å². The predicted octanol–water partition coefficient (Wildman–Crippen LogP) is 3.11. The van der Waals surface area contributed by atoms with Crippen molar-refractivity contribution in [3.05, 3.63) is 64.4 Å². The third-order valence-corrected chi connectivity index (χ3v) is 5.16. The Bertz CT molecular complexity index is 1230. The van der Waals surface area contributed by atoms with Crippen LogP contribution < -0.4 is 5.56 Å². The summed E-state index contributed by atoms with van der Waals surface area (Å²) in [5.74, 6) is -0.217. The molecule has 0 aliphatic heterocycles. The highest BCUT2D eigenvalue weighted by molar-refractivity contribution is 7.86. The van der Waals surface area contributed by atoms with Crippen LogP contribution >= 0.6 is 0 Å². The van der Waals surface area contributed by atoms with Crippen molar-refractivity contribution in [3.8, 4) is 5.75 Å². The number of aromatic hydroxyl groups is 1. The lowest BCUT2D eigenvalue weighted by atomic mass is 10.1. The number of aromatic nitrogens is 1. The van der Waals surface area contributed by atoms with Crippen molar-refractivity contribution < 1.29 is 18.1 Å². The van der Waals surface area contributed by atoms with Crippen LogP contribution in [-0.4, -0.2) is 28.4 Å². The normalized spacial score (nSPS) is 12.5. The Balaban J connectivity index is 2.31. The summed E-state index contributed by atoms with van der Waals surface area (Å²) in [4.78, 5) is 16.7. The van der Waals surface area contributed by atoms with Crippen LogP contribution in [0.2, 0.25) is 0 Å². The fourth-order valence-corrected chi connectivity index (χ4v) is 3.66. The number of aryl methyl sites for hydroxylation is 1. The minimum absolute atomic E-state index is 0.0132. The molecule has 3 aromatic rings. The van der Waals surface area contributed by atoms with Crippen LogP contribution in [0.4, 0.5) is 5.69 Å². The maximum Gasteiger partial charge on any atom is 0.296 e. The highest BCUT2D eigenvalue weighted by atomic mass is 32.2. The second kappa shape index (κ2) is 6.98. The Morgan fingerprint density at radius 1 is 1.11 bits per heavy atom. The lowest BCUT2D eigenvalue weighted by Gasteiger charge is -2.13. The summed E-state index contributed by atoms with van der Waals surface area (Å²) in [6.07, 6.45) is 0. The fraction of sp³-hybridized carbons (Fsp3) is 0.158. The number of nitrogens with zero attached hydrogens (tertiary/aromatic N) is 2. The Morgan fingerprint density at radius 3 is 2.41 bits per heavy atom.